The van der Waals surface area contributed by atoms with Crippen molar-refractivity contribution in [3.05, 3.63) is 57.6 Å². The molecule has 6 heteroatoms. The Morgan fingerprint density at radius 1 is 0.688 bits per heavy atom. The maximum absolute atomic E-state index is 6.26. The van der Waals surface area contributed by atoms with Crippen LogP contribution >= 0.6 is 20.2 Å². The first kappa shape index (κ1) is 28.9. The van der Waals surface area contributed by atoms with E-state index in [0.717, 1.165) is 22.8 Å². The molecule has 178 valence electrons. The van der Waals surface area contributed by atoms with Crippen molar-refractivity contribution in [3.63, 3.8) is 0 Å². The molecule has 2 unspecified atom stereocenters. The number of nitrogens with zero attached hydrogens (tertiary/aromatic N) is 2. The van der Waals surface area contributed by atoms with Gasteiger partial charge in [0.05, 0.1) is 23.6 Å². The van der Waals surface area contributed by atoms with Gasteiger partial charge in [0, 0.05) is 11.4 Å². The van der Waals surface area contributed by atoms with Crippen LogP contribution in [0.4, 0.5) is 11.4 Å². The molecule has 0 bridgehead atoms. The Morgan fingerprint density at radius 3 is 1.19 bits per heavy atom. The van der Waals surface area contributed by atoms with Crippen molar-refractivity contribution in [1.29, 1.82) is 0 Å². The van der Waals surface area contributed by atoms with Crippen LogP contribution in [0.25, 0.3) is 0 Å². The zero-order chi connectivity index (χ0) is 24.6. The minimum absolute atomic E-state index is 0.0875. The number of rotatable bonds is 6. The molecular weight excluding hydrogens is 483 g/mol. The molecule has 0 saturated heterocycles. The summed E-state index contributed by atoms with van der Waals surface area (Å²) in [7, 11) is 9.53. The number of aliphatic imine (C=N–C) groups is 2. The van der Waals surface area contributed by atoms with Crippen molar-refractivity contribution < 1.29 is 17.9 Å². The number of ether oxygens (including phenoxy) is 1. The van der Waals surface area contributed by atoms with E-state index >= 15 is 0 Å². The van der Waals surface area contributed by atoms with E-state index in [1.54, 1.807) is 0 Å². The van der Waals surface area contributed by atoms with Crippen LogP contribution < -0.4 is 0 Å². The molecular formula is C26H36Cl2FeN2O. The van der Waals surface area contributed by atoms with E-state index in [1.165, 1.54) is 33.4 Å². The third kappa shape index (κ3) is 8.65. The summed E-state index contributed by atoms with van der Waals surface area (Å²) in [6, 6.07) is 8.71. The molecule has 2 atom stereocenters. The first-order valence-electron chi connectivity index (χ1n) is 10.7. The molecule has 0 spiro atoms. The Bertz CT molecular complexity index is 862. The molecule has 2 aromatic rings. The fourth-order valence-corrected chi connectivity index (χ4v) is 3.74. The molecule has 3 nitrogen and oxygen atoms in total. The predicted molar refractivity (Wildman–Crippen MR) is 139 cm³/mol. The Labute approximate surface area is 209 Å². The summed E-state index contributed by atoms with van der Waals surface area (Å²) < 4.78 is 6.26. The number of aryl methyl sites for hydroxylation is 6. The topological polar surface area (TPSA) is 34.0 Å². The van der Waals surface area contributed by atoms with Gasteiger partial charge in [0.1, 0.15) is 0 Å². The number of halogens is 2. The van der Waals surface area contributed by atoms with E-state index in [-0.39, 0.29) is 25.3 Å². The van der Waals surface area contributed by atoms with Crippen LogP contribution in [0.5, 0.6) is 0 Å². The summed E-state index contributed by atoms with van der Waals surface area (Å²) in [5.74, 6) is 0. The average Bonchev–Trinajstić information content (AvgIpc) is 2.67. The predicted octanol–water partition coefficient (Wildman–Crippen LogP) is 8.59. The SMILES string of the molecule is CC(=Nc1c(C)cc(C)cc1C)C(C)OC(C)C(C)=Nc1c(C)cc(C)cc1C.[Cl][Fe][Cl]. The fourth-order valence-electron chi connectivity index (χ4n) is 3.74. The van der Waals surface area contributed by atoms with Gasteiger partial charge in [-0.25, -0.2) is 0 Å². The zero-order valence-electron chi connectivity index (χ0n) is 20.9. The fraction of sp³-hybridized carbons (Fsp3) is 0.462. The van der Waals surface area contributed by atoms with Crippen molar-refractivity contribution in [2.45, 2.75) is 81.4 Å². The molecule has 0 saturated carbocycles. The number of benzene rings is 2. The molecule has 2 rings (SSSR count). The third-order valence-electron chi connectivity index (χ3n) is 5.43. The van der Waals surface area contributed by atoms with Crippen LogP contribution in [0.3, 0.4) is 0 Å². The Hall–Kier alpha value is -1.16. The van der Waals surface area contributed by atoms with E-state index in [0.29, 0.717) is 0 Å². The van der Waals surface area contributed by atoms with Gasteiger partial charge in [-0.1, -0.05) is 35.4 Å². The first-order valence-corrected chi connectivity index (χ1v) is 13.7. The molecule has 32 heavy (non-hydrogen) atoms. The number of hydrogen-bond donors (Lipinski definition) is 0. The molecule has 0 fully saturated rings. The summed E-state index contributed by atoms with van der Waals surface area (Å²) in [6.07, 6.45) is -0.175. The van der Waals surface area contributed by atoms with Gasteiger partial charge in [0.15, 0.2) is 0 Å². The standard InChI is InChI=1S/C26H36N2O.2ClH.Fe/c1-15-11-17(3)25(18(4)12-15)27-21(7)23(9)29-24(10)22(8)28-26-19(5)13-16(2)14-20(26)6;;;/h11-14,23-24H,1-10H3;2*1H;/q;;;+2/p-2. The second-order valence-corrected chi connectivity index (χ2v) is 10.3. The van der Waals surface area contributed by atoms with Crippen LogP contribution in [0.2, 0.25) is 0 Å². The van der Waals surface area contributed by atoms with Crippen molar-refractivity contribution in [1.82, 2.24) is 0 Å². The first-order chi connectivity index (χ1) is 14.9. The summed E-state index contributed by atoms with van der Waals surface area (Å²) in [5.41, 5.74) is 11.4. The Balaban J connectivity index is 0.00000161. The van der Waals surface area contributed by atoms with Crippen LogP contribution in [-0.4, -0.2) is 23.6 Å². The minimum atomic E-state index is -0.0875. The number of hydrogen-bond acceptors (Lipinski definition) is 3. The molecule has 2 aromatic carbocycles. The van der Waals surface area contributed by atoms with Gasteiger partial charge in [-0.2, -0.15) is 0 Å². The van der Waals surface area contributed by atoms with E-state index in [1.807, 2.05) is 13.8 Å². The van der Waals surface area contributed by atoms with Gasteiger partial charge in [-0.05, 0) is 91.5 Å². The van der Waals surface area contributed by atoms with Crippen molar-refractivity contribution in [2.75, 3.05) is 0 Å². The van der Waals surface area contributed by atoms with E-state index < -0.39 is 0 Å². The van der Waals surface area contributed by atoms with Gasteiger partial charge < -0.3 is 4.74 Å². The van der Waals surface area contributed by atoms with E-state index in [4.69, 9.17) is 34.9 Å². The molecule has 0 N–H and O–H groups in total. The van der Waals surface area contributed by atoms with Gasteiger partial charge in [-0.3, -0.25) is 9.98 Å². The van der Waals surface area contributed by atoms with E-state index in [2.05, 4.69) is 79.7 Å². The van der Waals surface area contributed by atoms with Crippen LogP contribution in [0.1, 0.15) is 61.1 Å². The monoisotopic (exact) mass is 518 g/mol. The molecule has 0 aliphatic rings. The van der Waals surface area contributed by atoms with Gasteiger partial charge in [0.25, 0.3) is 0 Å². The molecule has 0 aliphatic heterocycles. The van der Waals surface area contributed by atoms with Crippen LogP contribution in [0, 0.1) is 41.5 Å². The van der Waals surface area contributed by atoms with Gasteiger partial charge >= 0.3 is 33.3 Å². The second kappa shape index (κ2) is 13.5. The van der Waals surface area contributed by atoms with Crippen molar-refractivity contribution >= 4 is 43.0 Å². The Kier molecular flexibility index (Phi) is 12.2. The average molecular weight is 519 g/mol. The molecule has 0 radical (unpaired) electrons. The zero-order valence-corrected chi connectivity index (χ0v) is 23.5. The molecule has 0 aromatic heterocycles. The summed E-state index contributed by atoms with van der Waals surface area (Å²) in [6.45, 7) is 20.9. The van der Waals surface area contributed by atoms with Crippen LogP contribution in [-0.2, 0) is 17.9 Å². The van der Waals surface area contributed by atoms with Crippen LogP contribution in [0.15, 0.2) is 34.3 Å². The maximum atomic E-state index is 6.26. The summed E-state index contributed by atoms with van der Waals surface area (Å²) >= 11 is 0.194. The second-order valence-electron chi connectivity index (χ2n) is 8.47. The van der Waals surface area contributed by atoms with E-state index in [9.17, 15) is 0 Å². The quantitative estimate of drug-likeness (QED) is 0.278. The Morgan fingerprint density at radius 2 is 0.938 bits per heavy atom. The molecule has 0 aliphatic carbocycles. The van der Waals surface area contributed by atoms with Crippen molar-refractivity contribution in [2.24, 2.45) is 9.98 Å². The molecule has 0 heterocycles. The van der Waals surface area contributed by atoms with Crippen molar-refractivity contribution in [3.8, 4) is 0 Å². The van der Waals surface area contributed by atoms with Gasteiger partial charge in [-0.15, -0.1) is 0 Å². The van der Waals surface area contributed by atoms with Gasteiger partial charge in [0.2, 0.25) is 0 Å². The third-order valence-corrected chi connectivity index (χ3v) is 5.43. The summed E-state index contributed by atoms with van der Waals surface area (Å²) in [5, 5.41) is 0. The normalized spacial score (nSPS) is 14.1. The summed E-state index contributed by atoms with van der Waals surface area (Å²) in [4.78, 5) is 9.77. The molecule has 0 amide bonds.